The van der Waals surface area contributed by atoms with Crippen molar-refractivity contribution in [3.05, 3.63) is 34.1 Å². The molecule has 2 nitrogen and oxygen atoms in total. The predicted molar refractivity (Wildman–Crippen MR) is 88.1 cm³/mol. The van der Waals surface area contributed by atoms with E-state index < -0.39 is 0 Å². The predicted octanol–water partition coefficient (Wildman–Crippen LogP) is 4.46. The number of nitrogens with one attached hydrogen (secondary N) is 1. The van der Waals surface area contributed by atoms with Gasteiger partial charge in [-0.3, -0.25) is 0 Å². The molecule has 1 aliphatic rings. The van der Waals surface area contributed by atoms with Crippen molar-refractivity contribution in [2.75, 3.05) is 13.2 Å². The highest BCUT2D eigenvalue weighted by atomic mass is 79.9. The highest BCUT2D eigenvalue weighted by Gasteiger charge is 2.36. The van der Waals surface area contributed by atoms with Crippen LogP contribution in [0.25, 0.3) is 0 Å². The van der Waals surface area contributed by atoms with E-state index in [1.54, 1.807) is 0 Å². The molecule has 1 fully saturated rings. The Kier molecular flexibility index (Phi) is 6.20. The van der Waals surface area contributed by atoms with Crippen molar-refractivity contribution in [1.82, 2.24) is 5.32 Å². The van der Waals surface area contributed by atoms with Crippen molar-refractivity contribution in [2.45, 2.75) is 57.6 Å². The van der Waals surface area contributed by atoms with Gasteiger partial charge in [0.2, 0.25) is 0 Å². The molecule has 2 unspecified atom stereocenters. The van der Waals surface area contributed by atoms with Gasteiger partial charge in [0.25, 0.3) is 0 Å². The Bertz CT molecular complexity index is 460. The minimum atomic E-state index is -0.205. The lowest BCUT2D eigenvalue weighted by atomic mass is 9.84. The molecule has 1 N–H and O–H groups in total. The molecule has 21 heavy (non-hydrogen) atoms. The average molecular weight is 358 g/mol. The van der Waals surface area contributed by atoms with Crippen molar-refractivity contribution >= 4 is 15.9 Å². The second-order valence-corrected chi connectivity index (χ2v) is 6.92. The second kappa shape index (κ2) is 7.70. The van der Waals surface area contributed by atoms with E-state index in [9.17, 15) is 4.39 Å². The molecule has 1 aromatic rings. The summed E-state index contributed by atoms with van der Waals surface area (Å²) in [5.41, 5.74) is 0.988. The lowest BCUT2D eigenvalue weighted by molar-refractivity contribution is -0.0883. The molecule has 0 bridgehead atoms. The molecule has 0 saturated carbocycles. The van der Waals surface area contributed by atoms with Crippen LogP contribution in [0.3, 0.4) is 0 Å². The first-order valence-electron chi connectivity index (χ1n) is 7.86. The summed E-state index contributed by atoms with van der Waals surface area (Å²) >= 11 is 3.48. The molecule has 1 saturated heterocycles. The van der Waals surface area contributed by atoms with E-state index in [-0.39, 0.29) is 17.5 Å². The number of hydrogen-bond acceptors (Lipinski definition) is 2. The molecule has 4 heteroatoms. The van der Waals surface area contributed by atoms with Crippen molar-refractivity contribution in [3.63, 3.8) is 0 Å². The number of hydrogen-bond donors (Lipinski definition) is 1. The zero-order chi connectivity index (χ0) is 15.3. The van der Waals surface area contributed by atoms with Crippen molar-refractivity contribution in [2.24, 2.45) is 0 Å². The molecular weight excluding hydrogens is 333 g/mol. The van der Waals surface area contributed by atoms with Crippen LogP contribution in [0, 0.1) is 5.82 Å². The highest BCUT2D eigenvalue weighted by Crippen LogP contribution is 2.31. The van der Waals surface area contributed by atoms with Gasteiger partial charge in [0, 0.05) is 17.1 Å². The first-order chi connectivity index (χ1) is 10.0. The minimum absolute atomic E-state index is 0.138. The molecule has 0 spiro atoms. The summed E-state index contributed by atoms with van der Waals surface area (Å²) in [6, 6.07) is 5.18. The van der Waals surface area contributed by atoms with Crippen molar-refractivity contribution in [3.8, 4) is 0 Å². The monoisotopic (exact) mass is 357 g/mol. The van der Waals surface area contributed by atoms with Gasteiger partial charge in [-0.1, -0.05) is 28.9 Å². The summed E-state index contributed by atoms with van der Waals surface area (Å²) in [5, 5.41) is 3.63. The second-order valence-electron chi connectivity index (χ2n) is 6.06. The molecule has 0 amide bonds. The number of benzene rings is 1. The third kappa shape index (κ3) is 4.51. The van der Waals surface area contributed by atoms with Gasteiger partial charge >= 0.3 is 0 Å². The van der Waals surface area contributed by atoms with Gasteiger partial charge in [-0.15, -0.1) is 0 Å². The maximum Gasteiger partial charge on any atom is 0.124 e. The smallest absolute Gasteiger partial charge is 0.124 e. The zero-order valence-electron chi connectivity index (χ0n) is 12.9. The van der Waals surface area contributed by atoms with Crippen LogP contribution in [0.4, 0.5) is 4.39 Å². The SMILES string of the molecule is CCCNC(Cc1ccc(F)cc1Br)C1(C)CCCCO1. The Labute approximate surface area is 135 Å². The van der Waals surface area contributed by atoms with E-state index in [4.69, 9.17) is 4.74 Å². The van der Waals surface area contributed by atoms with E-state index in [1.807, 2.05) is 6.07 Å². The fourth-order valence-electron chi connectivity index (χ4n) is 2.96. The topological polar surface area (TPSA) is 21.3 Å². The quantitative estimate of drug-likeness (QED) is 0.811. The van der Waals surface area contributed by atoms with Gasteiger partial charge in [-0.2, -0.15) is 0 Å². The van der Waals surface area contributed by atoms with E-state index in [2.05, 4.69) is 35.1 Å². The Morgan fingerprint density at radius 1 is 1.43 bits per heavy atom. The summed E-state index contributed by atoms with van der Waals surface area (Å²) in [6.45, 7) is 6.19. The van der Waals surface area contributed by atoms with Gasteiger partial charge in [0.15, 0.2) is 0 Å². The first kappa shape index (κ1) is 16.9. The Balaban J connectivity index is 2.15. The lowest BCUT2D eigenvalue weighted by Gasteiger charge is -2.41. The van der Waals surface area contributed by atoms with Gasteiger partial charge in [0.05, 0.1) is 5.60 Å². The standard InChI is InChI=1S/C17H25BrFNO/c1-3-9-20-16(17(2)8-4-5-10-21-17)11-13-6-7-14(19)12-15(13)18/h6-7,12,16,20H,3-5,8-11H2,1-2H3. The molecule has 118 valence electrons. The van der Waals surface area contributed by atoms with E-state index in [0.29, 0.717) is 0 Å². The number of ether oxygens (including phenoxy) is 1. The van der Waals surface area contributed by atoms with Crippen LogP contribution in [0.5, 0.6) is 0 Å². The number of rotatable bonds is 6. The molecule has 0 radical (unpaired) electrons. The van der Waals surface area contributed by atoms with Crippen molar-refractivity contribution in [1.29, 1.82) is 0 Å². The Hall–Kier alpha value is -0.450. The summed E-state index contributed by atoms with van der Waals surface area (Å²) in [7, 11) is 0. The third-order valence-electron chi connectivity index (χ3n) is 4.32. The van der Waals surface area contributed by atoms with Crippen LogP contribution in [0.1, 0.15) is 45.1 Å². The van der Waals surface area contributed by atoms with Gasteiger partial charge in [0.1, 0.15) is 5.82 Å². The average Bonchev–Trinajstić information content (AvgIpc) is 2.46. The molecule has 1 aliphatic heterocycles. The molecule has 0 aromatic heterocycles. The Morgan fingerprint density at radius 2 is 2.24 bits per heavy atom. The maximum atomic E-state index is 13.2. The molecular formula is C17H25BrFNO. The van der Waals surface area contributed by atoms with E-state index >= 15 is 0 Å². The highest BCUT2D eigenvalue weighted by molar-refractivity contribution is 9.10. The van der Waals surface area contributed by atoms with Gasteiger partial charge in [-0.25, -0.2) is 4.39 Å². The fourth-order valence-corrected chi connectivity index (χ4v) is 3.47. The molecule has 1 aromatic carbocycles. The summed E-state index contributed by atoms with van der Waals surface area (Å²) in [5.74, 6) is -0.205. The van der Waals surface area contributed by atoms with E-state index in [1.165, 1.54) is 18.6 Å². The summed E-state index contributed by atoms with van der Waals surface area (Å²) in [6.07, 6.45) is 5.38. The van der Waals surface area contributed by atoms with Crippen LogP contribution in [-0.2, 0) is 11.2 Å². The van der Waals surface area contributed by atoms with Crippen molar-refractivity contribution < 1.29 is 9.13 Å². The molecule has 2 atom stereocenters. The van der Waals surface area contributed by atoms with Crippen LogP contribution in [0.2, 0.25) is 0 Å². The molecule has 2 rings (SSSR count). The van der Waals surface area contributed by atoms with Crippen LogP contribution < -0.4 is 5.32 Å². The third-order valence-corrected chi connectivity index (χ3v) is 5.05. The fraction of sp³-hybridized carbons (Fsp3) is 0.647. The van der Waals surface area contributed by atoms with Gasteiger partial charge in [-0.05, 0) is 63.3 Å². The molecule has 0 aliphatic carbocycles. The van der Waals surface area contributed by atoms with E-state index in [0.717, 1.165) is 48.9 Å². The number of halogens is 2. The molecule has 1 heterocycles. The first-order valence-corrected chi connectivity index (χ1v) is 8.66. The van der Waals surface area contributed by atoms with Crippen LogP contribution in [-0.4, -0.2) is 24.8 Å². The maximum absolute atomic E-state index is 13.2. The van der Waals surface area contributed by atoms with Crippen LogP contribution >= 0.6 is 15.9 Å². The normalized spacial score (nSPS) is 24.0. The largest absolute Gasteiger partial charge is 0.374 e. The van der Waals surface area contributed by atoms with Crippen LogP contribution in [0.15, 0.2) is 22.7 Å². The Morgan fingerprint density at radius 3 is 2.86 bits per heavy atom. The zero-order valence-corrected chi connectivity index (χ0v) is 14.5. The minimum Gasteiger partial charge on any atom is -0.374 e. The summed E-state index contributed by atoms with van der Waals surface area (Å²) in [4.78, 5) is 0. The summed E-state index contributed by atoms with van der Waals surface area (Å²) < 4.78 is 20.2. The lowest BCUT2D eigenvalue weighted by Crippen LogP contribution is -2.53. The van der Waals surface area contributed by atoms with Gasteiger partial charge < -0.3 is 10.1 Å².